The third kappa shape index (κ3) is 6.10. The van der Waals surface area contributed by atoms with Gasteiger partial charge >= 0.3 is 15.5 Å². The van der Waals surface area contributed by atoms with Crippen molar-refractivity contribution in [3.63, 3.8) is 0 Å². The van der Waals surface area contributed by atoms with Gasteiger partial charge in [0.25, 0.3) is 0 Å². The third-order valence-corrected chi connectivity index (χ3v) is 6.06. The van der Waals surface area contributed by atoms with Crippen molar-refractivity contribution in [1.29, 1.82) is 0 Å². The van der Waals surface area contributed by atoms with Crippen LogP contribution < -0.4 is 15.4 Å². The van der Waals surface area contributed by atoms with Crippen molar-refractivity contribution in [3.8, 4) is 5.75 Å². The molecule has 1 saturated heterocycles. The Labute approximate surface area is 168 Å². The van der Waals surface area contributed by atoms with Crippen LogP contribution in [-0.2, 0) is 16.6 Å². The van der Waals surface area contributed by atoms with Gasteiger partial charge in [0.2, 0.25) is 0 Å². The molecule has 1 fully saturated rings. The maximum atomic E-state index is 12.7. The van der Waals surface area contributed by atoms with Crippen molar-refractivity contribution < 1.29 is 26.3 Å². The van der Waals surface area contributed by atoms with E-state index in [9.17, 15) is 21.6 Å². The summed E-state index contributed by atoms with van der Waals surface area (Å²) < 4.78 is 67.0. The number of nitrogens with one attached hydrogen (secondary N) is 2. The van der Waals surface area contributed by atoms with Gasteiger partial charge in [-0.25, -0.2) is 8.42 Å². The minimum Gasteiger partial charge on any atom is -0.489 e. The Morgan fingerprint density at radius 1 is 1.34 bits per heavy atom. The Morgan fingerprint density at radius 3 is 2.59 bits per heavy atom. The van der Waals surface area contributed by atoms with E-state index in [1.165, 1.54) is 0 Å². The third-order valence-electron chi connectivity index (χ3n) is 4.43. The maximum Gasteiger partial charge on any atom is 0.511 e. The van der Waals surface area contributed by atoms with Crippen molar-refractivity contribution in [2.24, 2.45) is 4.99 Å². The topological polar surface area (TPSA) is 83.0 Å². The summed E-state index contributed by atoms with van der Waals surface area (Å²) in [5.41, 5.74) is -4.37. The lowest BCUT2D eigenvalue weighted by atomic mass is 10.1. The van der Waals surface area contributed by atoms with Gasteiger partial charge in [-0.2, -0.15) is 17.5 Å². The van der Waals surface area contributed by atoms with E-state index in [4.69, 9.17) is 4.74 Å². The van der Waals surface area contributed by atoms with Crippen LogP contribution >= 0.6 is 0 Å². The summed E-state index contributed by atoms with van der Waals surface area (Å²) in [4.78, 5) is 4.12. The highest BCUT2D eigenvalue weighted by Crippen LogP contribution is 2.29. The largest absolute Gasteiger partial charge is 0.511 e. The van der Waals surface area contributed by atoms with Crippen LogP contribution in [0, 0.1) is 0 Å². The molecule has 2 N–H and O–H groups in total. The molecule has 11 heteroatoms. The molecule has 2 rings (SSSR count). The summed E-state index contributed by atoms with van der Waals surface area (Å²) in [5.74, 6) is 1.18. The molecule has 0 saturated carbocycles. The number of halogens is 3. The first-order valence-electron chi connectivity index (χ1n) is 9.04. The molecule has 0 atom stereocenters. The van der Waals surface area contributed by atoms with Crippen LogP contribution in [0.3, 0.4) is 0 Å². The molecule has 0 aromatic heterocycles. The molecule has 0 bridgehead atoms. The number of rotatable bonds is 7. The van der Waals surface area contributed by atoms with Crippen molar-refractivity contribution in [2.45, 2.75) is 30.9 Å². The second kappa shape index (κ2) is 9.97. The highest BCUT2D eigenvalue weighted by atomic mass is 32.2. The first-order valence-corrected chi connectivity index (χ1v) is 10.5. The minimum absolute atomic E-state index is 0.187. The smallest absolute Gasteiger partial charge is 0.489 e. The van der Waals surface area contributed by atoms with Crippen LogP contribution in [0.5, 0.6) is 5.75 Å². The second-order valence-electron chi connectivity index (χ2n) is 6.40. The Morgan fingerprint density at radius 2 is 2.00 bits per heavy atom. The highest BCUT2D eigenvalue weighted by molar-refractivity contribution is 7.90. The fraction of sp³-hybridized carbons (Fsp3) is 0.500. The van der Waals surface area contributed by atoms with Crippen LogP contribution in [0.4, 0.5) is 13.2 Å². The number of ether oxygens (including phenoxy) is 1. The molecule has 1 aliphatic rings. The van der Waals surface area contributed by atoms with Crippen LogP contribution in [0.2, 0.25) is 0 Å². The predicted octanol–water partition coefficient (Wildman–Crippen LogP) is 2.23. The van der Waals surface area contributed by atoms with Gasteiger partial charge in [-0.1, -0.05) is 30.9 Å². The summed E-state index contributed by atoms with van der Waals surface area (Å²) >= 11 is 0. The van der Waals surface area contributed by atoms with Gasteiger partial charge in [-0.05, 0) is 18.9 Å². The average molecular weight is 434 g/mol. The number of benzene rings is 1. The Hall–Kier alpha value is -2.27. The number of para-hydroxylation sites is 1. The lowest BCUT2D eigenvalue weighted by Gasteiger charge is -2.32. The monoisotopic (exact) mass is 434 g/mol. The van der Waals surface area contributed by atoms with E-state index in [1.54, 1.807) is 13.1 Å². The molecule has 29 heavy (non-hydrogen) atoms. The molecule has 1 aromatic carbocycles. The summed E-state index contributed by atoms with van der Waals surface area (Å²) in [6.45, 7) is 4.02. The Kier molecular flexibility index (Phi) is 7.91. The number of nitrogens with zero attached hydrogens (tertiary/aromatic N) is 2. The van der Waals surface area contributed by atoms with Gasteiger partial charge in [0, 0.05) is 38.3 Å². The van der Waals surface area contributed by atoms with Crippen LogP contribution in [0.1, 0.15) is 18.4 Å². The number of piperidine rings is 1. The van der Waals surface area contributed by atoms with Crippen LogP contribution in [0.15, 0.2) is 41.9 Å². The molecule has 1 heterocycles. The molecule has 0 spiro atoms. The molecule has 1 aromatic rings. The van der Waals surface area contributed by atoms with E-state index in [0.717, 1.165) is 5.56 Å². The zero-order valence-electron chi connectivity index (χ0n) is 16.1. The lowest BCUT2D eigenvalue weighted by molar-refractivity contribution is -0.0494. The number of sulfonamides is 1. The van der Waals surface area contributed by atoms with E-state index in [0.29, 0.717) is 29.2 Å². The Balaban J connectivity index is 1.89. The normalized spacial score (nSPS) is 17.0. The zero-order chi connectivity index (χ0) is 21.5. The zero-order valence-corrected chi connectivity index (χ0v) is 16.9. The van der Waals surface area contributed by atoms with Gasteiger partial charge in [0.1, 0.15) is 12.4 Å². The van der Waals surface area contributed by atoms with Crippen molar-refractivity contribution >= 4 is 16.0 Å². The highest BCUT2D eigenvalue weighted by Gasteiger charge is 2.50. The first-order chi connectivity index (χ1) is 13.7. The maximum absolute atomic E-state index is 12.7. The summed E-state index contributed by atoms with van der Waals surface area (Å²) in [6.07, 6.45) is 2.14. The van der Waals surface area contributed by atoms with E-state index < -0.39 is 15.5 Å². The number of alkyl halides is 3. The second-order valence-corrected chi connectivity index (χ2v) is 8.33. The first kappa shape index (κ1) is 23.0. The SMILES string of the molecule is C=CCOc1ccccc1CNC(=NC)NC1CCN(S(=O)(=O)C(F)(F)F)CC1. The fourth-order valence-corrected chi connectivity index (χ4v) is 3.88. The number of hydrogen-bond acceptors (Lipinski definition) is 4. The molecule has 0 amide bonds. The van der Waals surface area contributed by atoms with Crippen LogP contribution in [0.25, 0.3) is 0 Å². The summed E-state index contributed by atoms with van der Waals surface area (Å²) in [6, 6.07) is 7.29. The lowest BCUT2D eigenvalue weighted by Crippen LogP contribution is -2.51. The predicted molar refractivity (Wildman–Crippen MR) is 105 cm³/mol. The van der Waals surface area contributed by atoms with E-state index in [-0.39, 0.29) is 32.0 Å². The van der Waals surface area contributed by atoms with Gasteiger partial charge in [0.15, 0.2) is 5.96 Å². The molecular weight excluding hydrogens is 409 g/mol. The van der Waals surface area contributed by atoms with E-state index >= 15 is 0 Å². The molecule has 0 radical (unpaired) electrons. The van der Waals surface area contributed by atoms with Gasteiger partial charge in [-0.3, -0.25) is 4.99 Å². The summed E-state index contributed by atoms with van der Waals surface area (Å²) in [7, 11) is -3.69. The molecule has 0 unspecified atom stereocenters. The average Bonchev–Trinajstić information content (AvgIpc) is 2.69. The fourth-order valence-electron chi connectivity index (χ4n) is 2.89. The molecule has 162 valence electrons. The van der Waals surface area contributed by atoms with Gasteiger partial charge < -0.3 is 15.4 Å². The number of guanidine groups is 1. The minimum atomic E-state index is -5.28. The quantitative estimate of drug-likeness (QED) is 0.391. The van der Waals surface area contributed by atoms with E-state index in [1.807, 2.05) is 24.3 Å². The summed E-state index contributed by atoms with van der Waals surface area (Å²) in [5, 5.41) is 6.27. The molecule has 7 nitrogen and oxygen atoms in total. The van der Waals surface area contributed by atoms with Crippen LogP contribution in [-0.4, -0.2) is 57.0 Å². The van der Waals surface area contributed by atoms with Crippen molar-refractivity contribution in [1.82, 2.24) is 14.9 Å². The molecule has 0 aliphatic carbocycles. The van der Waals surface area contributed by atoms with E-state index in [2.05, 4.69) is 22.2 Å². The van der Waals surface area contributed by atoms with Crippen molar-refractivity contribution in [3.05, 3.63) is 42.5 Å². The molecular formula is C18H25F3N4O3S. The van der Waals surface area contributed by atoms with Gasteiger partial charge in [0.05, 0.1) is 0 Å². The van der Waals surface area contributed by atoms with Crippen molar-refractivity contribution in [2.75, 3.05) is 26.7 Å². The Bertz CT molecular complexity index is 820. The van der Waals surface area contributed by atoms with Gasteiger partial charge in [-0.15, -0.1) is 0 Å². The molecule has 1 aliphatic heterocycles. The number of aliphatic imine (C=N–C) groups is 1. The number of hydrogen-bond donors (Lipinski definition) is 2. The standard InChI is InChI=1S/C18H25F3N4O3S/c1-3-12-28-16-7-5-4-6-14(16)13-23-17(22-2)24-15-8-10-25(11-9-15)29(26,27)18(19,20)21/h3-7,15H,1,8-13H2,2H3,(H2,22,23,24).